The molecule has 1 heterocycles. The topological polar surface area (TPSA) is 100 Å². The van der Waals surface area contributed by atoms with E-state index in [1.54, 1.807) is 18.2 Å². The van der Waals surface area contributed by atoms with Gasteiger partial charge in [0.05, 0.1) is 23.2 Å². The van der Waals surface area contributed by atoms with Gasteiger partial charge in [0.2, 0.25) is 0 Å². The number of allylic oxidation sites excluding steroid dienone is 1. The van der Waals surface area contributed by atoms with Crippen LogP contribution in [0.2, 0.25) is 0 Å². The first-order chi connectivity index (χ1) is 17.4. The highest BCUT2D eigenvalue weighted by Crippen LogP contribution is 2.35. The summed E-state index contributed by atoms with van der Waals surface area (Å²) >= 11 is 3.55. The quantitative estimate of drug-likeness (QED) is 0.249. The molecule has 3 aromatic carbocycles. The normalized spacial score (nSPS) is 11.2. The maximum atomic E-state index is 12.4. The van der Waals surface area contributed by atoms with Crippen LogP contribution in [-0.4, -0.2) is 29.1 Å². The van der Waals surface area contributed by atoms with Crippen molar-refractivity contribution in [3.63, 3.8) is 0 Å². The molecule has 0 atom stereocenters. The predicted molar refractivity (Wildman–Crippen MR) is 145 cm³/mol. The average molecular weight is 545 g/mol. The van der Waals surface area contributed by atoms with E-state index >= 15 is 0 Å². The van der Waals surface area contributed by atoms with Crippen molar-refractivity contribution in [1.82, 2.24) is 9.97 Å². The summed E-state index contributed by atoms with van der Waals surface area (Å²) in [7, 11) is 0. The first-order valence-corrected chi connectivity index (χ1v) is 12.2. The van der Waals surface area contributed by atoms with E-state index in [2.05, 4.69) is 37.3 Å². The molecule has 0 bridgehead atoms. The Morgan fingerprint density at radius 2 is 1.81 bits per heavy atom. The summed E-state index contributed by atoms with van der Waals surface area (Å²) in [4.78, 5) is 20.2. The van der Waals surface area contributed by atoms with Gasteiger partial charge in [-0.15, -0.1) is 0 Å². The van der Waals surface area contributed by atoms with Gasteiger partial charge in [0.1, 0.15) is 11.9 Å². The molecule has 0 saturated carbocycles. The molecule has 1 amide bonds. The second-order valence-corrected chi connectivity index (χ2v) is 9.09. The molecule has 8 heteroatoms. The number of nitriles is 1. The third-order valence-electron chi connectivity index (χ3n) is 5.37. The van der Waals surface area contributed by atoms with E-state index in [-0.39, 0.29) is 12.5 Å². The second-order valence-electron chi connectivity index (χ2n) is 8.23. The van der Waals surface area contributed by atoms with Crippen LogP contribution in [0.15, 0.2) is 59.1 Å². The van der Waals surface area contributed by atoms with E-state index in [0.29, 0.717) is 45.2 Å². The molecule has 7 nitrogen and oxygen atoms in total. The fourth-order valence-electron chi connectivity index (χ4n) is 3.58. The Kier molecular flexibility index (Phi) is 7.71. The number of amides is 1. The Bertz CT molecular complexity index is 1480. The monoisotopic (exact) mass is 544 g/mol. The third kappa shape index (κ3) is 5.93. The van der Waals surface area contributed by atoms with Gasteiger partial charge in [0, 0.05) is 10.2 Å². The Labute approximate surface area is 217 Å². The average Bonchev–Trinajstić information content (AvgIpc) is 3.27. The Hall–Kier alpha value is -4.09. The third-order valence-corrected chi connectivity index (χ3v) is 6.06. The van der Waals surface area contributed by atoms with Gasteiger partial charge >= 0.3 is 0 Å². The summed E-state index contributed by atoms with van der Waals surface area (Å²) in [5, 5.41) is 12.6. The van der Waals surface area contributed by atoms with Gasteiger partial charge in [-0.2, -0.15) is 5.26 Å². The minimum Gasteiger partial charge on any atom is -0.490 e. The minimum absolute atomic E-state index is 0.183. The number of aromatic amines is 1. The SMILES string of the molecule is CCOc1cc(/C=C(/C#N)c2nc3ccc(C)cc3[nH]2)c(Br)cc1OCC(=O)Nc1ccc(C)cc1. The molecule has 1 aromatic heterocycles. The standard InChI is InChI=1S/C28H25BrN4O3/c1-4-35-25-13-19(12-20(15-30)28-32-23-10-7-18(3)11-24(23)33-28)22(29)14-26(25)36-16-27(34)31-21-8-5-17(2)6-9-21/h5-14H,4,16H2,1-3H3,(H,31,34)(H,32,33)/b20-12-. The molecule has 36 heavy (non-hydrogen) atoms. The lowest BCUT2D eigenvalue weighted by atomic mass is 10.1. The van der Waals surface area contributed by atoms with E-state index < -0.39 is 0 Å². The highest BCUT2D eigenvalue weighted by atomic mass is 79.9. The Morgan fingerprint density at radius 1 is 1.08 bits per heavy atom. The zero-order valence-corrected chi connectivity index (χ0v) is 21.8. The van der Waals surface area contributed by atoms with E-state index in [0.717, 1.165) is 22.2 Å². The van der Waals surface area contributed by atoms with Crippen molar-refractivity contribution in [2.45, 2.75) is 20.8 Å². The van der Waals surface area contributed by atoms with Gasteiger partial charge < -0.3 is 19.8 Å². The van der Waals surface area contributed by atoms with Crippen molar-refractivity contribution in [3.8, 4) is 17.6 Å². The van der Waals surface area contributed by atoms with Gasteiger partial charge in [-0.3, -0.25) is 4.79 Å². The van der Waals surface area contributed by atoms with Crippen LogP contribution in [-0.2, 0) is 4.79 Å². The molecule has 182 valence electrons. The van der Waals surface area contributed by atoms with Crippen LogP contribution < -0.4 is 14.8 Å². The number of nitrogens with one attached hydrogen (secondary N) is 2. The first kappa shape index (κ1) is 25.0. The summed E-state index contributed by atoms with van der Waals surface area (Å²) in [5.74, 6) is 1.08. The lowest BCUT2D eigenvalue weighted by Crippen LogP contribution is -2.20. The van der Waals surface area contributed by atoms with Crippen LogP contribution in [0.3, 0.4) is 0 Å². The smallest absolute Gasteiger partial charge is 0.262 e. The Morgan fingerprint density at radius 3 is 2.53 bits per heavy atom. The molecule has 2 N–H and O–H groups in total. The maximum Gasteiger partial charge on any atom is 0.262 e. The molecular weight excluding hydrogens is 520 g/mol. The first-order valence-electron chi connectivity index (χ1n) is 11.4. The van der Waals surface area contributed by atoms with Crippen LogP contribution in [0.1, 0.15) is 29.4 Å². The highest BCUT2D eigenvalue weighted by Gasteiger charge is 2.14. The number of carbonyl (C=O) groups excluding carboxylic acids is 1. The molecule has 0 unspecified atom stereocenters. The van der Waals surface area contributed by atoms with E-state index in [1.165, 1.54) is 0 Å². The van der Waals surface area contributed by atoms with Gasteiger partial charge in [-0.25, -0.2) is 4.98 Å². The van der Waals surface area contributed by atoms with E-state index in [9.17, 15) is 10.1 Å². The van der Waals surface area contributed by atoms with Gasteiger partial charge in [-0.05, 0) is 74.4 Å². The molecule has 0 fully saturated rings. The lowest BCUT2D eigenvalue weighted by Gasteiger charge is -2.14. The summed E-state index contributed by atoms with van der Waals surface area (Å²) in [6.07, 6.45) is 1.73. The maximum absolute atomic E-state index is 12.4. The van der Waals surface area contributed by atoms with Crippen molar-refractivity contribution in [2.24, 2.45) is 0 Å². The molecule has 4 rings (SSSR count). The number of fused-ring (bicyclic) bond motifs is 1. The highest BCUT2D eigenvalue weighted by molar-refractivity contribution is 9.10. The van der Waals surface area contributed by atoms with Gasteiger partial charge in [0.15, 0.2) is 18.1 Å². The Balaban J connectivity index is 1.56. The zero-order valence-electron chi connectivity index (χ0n) is 20.2. The van der Waals surface area contributed by atoms with Crippen molar-refractivity contribution in [3.05, 3.63) is 81.6 Å². The second kappa shape index (κ2) is 11.1. The number of nitrogens with zero attached hydrogens (tertiary/aromatic N) is 2. The number of ether oxygens (including phenoxy) is 2. The number of benzene rings is 3. The van der Waals surface area contributed by atoms with Crippen molar-refractivity contribution in [2.75, 3.05) is 18.5 Å². The lowest BCUT2D eigenvalue weighted by molar-refractivity contribution is -0.118. The van der Waals surface area contributed by atoms with E-state index in [4.69, 9.17) is 9.47 Å². The van der Waals surface area contributed by atoms with Crippen LogP contribution in [0.5, 0.6) is 11.5 Å². The number of anilines is 1. The number of hydrogen-bond donors (Lipinski definition) is 2. The molecule has 0 aliphatic carbocycles. The number of imidazole rings is 1. The number of carbonyl (C=O) groups is 1. The molecular formula is C28H25BrN4O3. The summed E-state index contributed by atoms with van der Waals surface area (Å²) in [6, 6.07) is 19.1. The van der Waals surface area contributed by atoms with E-state index in [1.807, 2.05) is 63.2 Å². The van der Waals surface area contributed by atoms with Gasteiger partial charge in [0.25, 0.3) is 5.91 Å². The number of H-pyrrole nitrogens is 1. The largest absolute Gasteiger partial charge is 0.490 e. The summed E-state index contributed by atoms with van der Waals surface area (Å²) in [6.45, 7) is 6.08. The molecule has 0 saturated heterocycles. The van der Waals surface area contributed by atoms with Crippen molar-refractivity contribution < 1.29 is 14.3 Å². The van der Waals surface area contributed by atoms with Crippen molar-refractivity contribution in [1.29, 1.82) is 5.26 Å². The number of rotatable bonds is 8. The molecule has 0 aliphatic rings. The number of halogens is 1. The van der Waals surface area contributed by atoms with Gasteiger partial charge in [-0.1, -0.05) is 39.7 Å². The minimum atomic E-state index is -0.284. The summed E-state index contributed by atoms with van der Waals surface area (Å²) in [5.41, 5.74) is 5.66. The van der Waals surface area contributed by atoms with Crippen LogP contribution in [0.4, 0.5) is 5.69 Å². The van der Waals surface area contributed by atoms with Crippen LogP contribution >= 0.6 is 15.9 Å². The molecule has 0 radical (unpaired) electrons. The fourth-order valence-corrected chi connectivity index (χ4v) is 4.02. The fraction of sp³-hybridized carbons (Fsp3) is 0.179. The predicted octanol–water partition coefficient (Wildman–Crippen LogP) is 6.42. The number of hydrogen-bond acceptors (Lipinski definition) is 5. The van der Waals surface area contributed by atoms with Crippen LogP contribution in [0, 0.1) is 25.2 Å². The zero-order chi connectivity index (χ0) is 25.7. The number of aryl methyl sites for hydroxylation is 2. The number of aromatic nitrogens is 2. The van der Waals surface area contributed by atoms with Crippen molar-refractivity contribution >= 4 is 50.2 Å². The molecule has 4 aromatic rings. The van der Waals surface area contributed by atoms with Crippen LogP contribution in [0.25, 0.3) is 22.7 Å². The summed E-state index contributed by atoms with van der Waals surface area (Å²) < 4.78 is 12.2. The molecule has 0 spiro atoms. The molecule has 0 aliphatic heterocycles.